The summed E-state index contributed by atoms with van der Waals surface area (Å²) < 4.78 is 0. The monoisotopic (exact) mass is 174 g/mol. The molecular weight excluding hydrogens is 160 g/mol. The fourth-order valence-corrected chi connectivity index (χ4v) is 1.05. The van der Waals surface area contributed by atoms with E-state index in [2.05, 4.69) is 17.9 Å². The molecule has 1 rings (SSSR count). The molecule has 68 valence electrons. The molecule has 1 N–H and O–H groups in total. The van der Waals surface area contributed by atoms with Gasteiger partial charge in [0.2, 0.25) is 0 Å². The van der Waals surface area contributed by atoms with E-state index >= 15 is 0 Å². The van der Waals surface area contributed by atoms with Crippen molar-refractivity contribution < 1.29 is 5.11 Å². The van der Waals surface area contributed by atoms with Gasteiger partial charge in [-0.3, -0.25) is 0 Å². The fraction of sp³-hybridized carbons (Fsp3) is 0.333. The Morgan fingerprint density at radius 3 is 2.62 bits per heavy atom. The zero-order chi connectivity index (χ0) is 9.84. The van der Waals surface area contributed by atoms with Crippen molar-refractivity contribution in [1.29, 1.82) is 0 Å². The summed E-state index contributed by atoms with van der Waals surface area (Å²) in [4.78, 5) is 0. The molecule has 0 aliphatic heterocycles. The second-order valence-corrected chi connectivity index (χ2v) is 3.26. The Morgan fingerprint density at radius 1 is 1.31 bits per heavy atom. The van der Waals surface area contributed by atoms with E-state index in [0.717, 1.165) is 11.1 Å². The SMILES string of the molecule is Cc1ccc(C)c(C#CC(C)O)c1. The fourth-order valence-electron chi connectivity index (χ4n) is 1.05. The Bertz CT molecular complexity index is 353. The first-order valence-electron chi connectivity index (χ1n) is 4.36. The predicted molar refractivity (Wildman–Crippen MR) is 54.5 cm³/mol. The Labute approximate surface area is 79.4 Å². The minimum Gasteiger partial charge on any atom is -0.381 e. The van der Waals surface area contributed by atoms with E-state index in [0.29, 0.717) is 0 Å². The van der Waals surface area contributed by atoms with E-state index < -0.39 is 6.10 Å². The first-order chi connectivity index (χ1) is 6.09. The second-order valence-electron chi connectivity index (χ2n) is 3.26. The molecule has 0 bridgehead atoms. The van der Waals surface area contributed by atoms with Crippen molar-refractivity contribution in [3.8, 4) is 11.8 Å². The van der Waals surface area contributed by atoms with Crippen LogP contribution >= 0.6 is 0 Å². The summed E-state index contributed by atoms with van der Waals surface area (Å²) in [5, 5.41) is 9.00. The first-order valence-corrected chi connectivity index (χ1v) is 4.36. The summed E-state index contributed by atoms with van der Waals surface area (Å²) in [5.74, 6) is 5.69. The van der Waals surface area contributed by atoms with Crippen LogP contribution in [0.25, 0.3) is 0 Å². The van der Waals surface area contributed by atoms with Crippen molar-refractivity contribution in [1.82, 2.24) is 0 Å². The van der Waals surface area contributed by atoms with Crippen molar-refractivity contribution in [3.63, 3.8) is 0 Å². The largest absolute Gasteiger partial charge is 0.381 e. The molecule has 0 fully saturated rings. The van der Waals surface area contributed by atoms with Crippen LogP contribution in [0.4, 0.5) is 0 Å². The van der Waals surface area contributed by atoms with Gasteiger partial charge < -0.3 is 5.11 Å². The van der Waals surface area contributed by atoms with Gasteiger partial charge in [0.1, 0.15) is 6.10 Å². The summed E-state index contributed by atoms with van der Waals surface area (Å²) in [6.45, 7) is 5.72. The zero-order valence-electron chi connectivity index (χ0n) is 8.26. The summed E-state index contributed by atoms with van der Waals surface area (Å²) in [5.41, 5.74) is 3.35. The first kappa shape index (κ1) is 9.83. The highest BCUT2D eigenvalue weighted by atomic mass is 16.3. The third-order valence-electron chi connectivity index (χ3n) is 1.81. The molecule has 0 aliphatic rings. The highest BCUT2D eigenvalue weighted by Gasteiger charge is 1.94. The Balaban J connectivity index is 3.02. The van der Waals surface area contributed by atoms with Gasteiger partial charge in [-0.15, -0.1) is 0 Å². The van der Waals surface area contributed by atoms with E-state index in [1.165, 1.54) is 5.56 Å². The molecule has 0 heterocycles. The van der Waals surface area contributed by atoms with Crippen molar-refractivity contribution in [2.24, 2.45) is 0 Å². The second kappa shape index (κ2) is 4.11. The van der Waals surface area contributed by atoms with Crippen LogP contribution in [-0.2, 0) is 0 Å². The standard InChI is InChI=1S/C12H14O/c1-9-4-5-10(2)12(8-9)7-6-11(3)13/h4-5,8,11,13H,1-3H3. The van der Waals surface area contributed by atoms with Crippen LogP contribution in [0.3, 0.4) is 0 Å². The van der Waals surface area contributed by atoms with Gasteiger partial charge in [-0.25, -0.2) is 0 Å². The lowest BCUT2D eigenvalue weighted by molar-refractivity contribution is 0.253. The third-order valence-corrected chi connectivity index (χ3v) is 1.81. The molecule has 1 atom stereocenters. The normalized spacial score (nSPS) is 11.7. The molecule has 1 aromatic carbocycles. The van der Waals surface area contributed by atoms with Crippen molar-refractivity contribution in [3.05, 3.63) is 34.9 Å². The van der Waals surface area contributed by atoms with Gasteiger partial charge in [0.25, 0.3) is 0 Å². The maximum atomic E-state index is 9.00. The number of aliphatic hydroxyl groups is 1. The summed E-state index contributed by atoms with van der Waals surface area (Å²) in [7, 11) is 0. The van der Waals surface area contributed by atoms with Crippen LogP contribution in [0, 0.1) is 25.7 Å². The molecule has 0 radical (unpaired) electrons. The predicted octanol–water partition coefficient (Wildman–Crippen LogP) is 2.04. The quantitative estimate of drug-likeness (QED) is 0.597. The molecule has 1 unspecified atom stereocenters. The maximum Gasteiger partial charge on any atom is 0.112 e. The van der Waals surface area contributed by atoms with Crippen molar-refractivity contribution in [2.45, 2.75) is 26.9 Å². The van der Waals surface area contributed by atoms with Crippen LogP contribution in [0.5, 0.6) is 0 Å². The highest BCUT2D eigenvalue weighted by molar-refractivity contribution is 5.43. The summed E-state index contributed by atoms with van der Waals surface area (Å²) in [6.07, 6.45) is -0.556. The van der Waals surface area contributed by atoms with Crippen molar-refractivity contribution in [2.75, 3.05) is 0 Å². The Hall–Kier alpha value is -1.26. The lowest BCUT2D eigenvalue weighted by atomic mass is 10.1. The Kier molecular flexibility index (Phi) is 3.11. The van der Waals surface area contributed by atoms with Gasteiger partial charge in [-0.2, -0.15) is 0 Å². The maximum absolute atomic E-state index is 9.00. The van der Waals surface area contributed by atoms with E-state index in [4.69, 9.17) is 5.11 Å². The van der Waals surface area contributed by atoms with Crippen LogP contribution in [0.15, 0.2) is 18.2 Å². The van der Waals surface area contributed by atoms with Gasteiger partial charge in [0.15, 0.2) is 0 Å². The van der Waals surface area contributed by atoms with E-state index in [-0.39, 0.29) is 0 Å². The Morgan fingerprint density at radius 2 is 2.00 bits per heavy atom. The van der Waals surface area contributed by atoms with Gasteiger partial charge in [-0.05, 0) is 38.0 Å². The number of hydrogen-bond donors (Lipinski definition) is 1. The zero-order valence-corrected chi connectivity index (χ0v) is 8.26. The molecule has 0 spiro atoms. The number of aliphatic hydroxyl groups excluding tert-OH is 1. The van der Waals surface area contributed by atoms with Crippen LogP contribution in [0.1, 0.15) is 23.6 Å². The number of rotatable bonds is 0. The van der Waals surface area contributed by atoms with Crippen LogP contribution in [-0.4, -0.2) is 11.2 Å². The molecule has 1 aromatic rings. The van der Waals surface area contributed by atoms with Gasteiger partial charge >= 0.3 is 0 Å². The molecule has 1 heteroatoms. The smallest absolute Gasteiger partial charge is 0.112 e. The van der Waals surface area contributed by atoms with Crippen molar-refractivity contribution >= 4 is 0 Å². The van der Waals surface area contributed by atoms with Crippen LogP contribution in [0.2, 0.25) is 0 Å². The topological polar surface area (TPSA) is 20.2 Å². The number of aryl methyl sites for hydroxylation is 2. The summed E-state index contributed by atoms with van der Waals surface area (Å²) in [6, 6.07) is 6.13. The lowest BCUT2D eigenvalue weighted by Crippen LogP contribution is -1.93. The van der Waals surface area contributed by atoms with E-state index in [1.807, 2.05) is 26.0 Å². The molecule has 0 saturated carbocycles. The average Bonchev–Trinajstić information content (AvgIpc) is 2.06. The van der Waals surface area contributed by atoms with Gasteiger partial charge in [0.05, 0.1) is 0 Å². The highest BCUT2D eigenvalue weighted by Crippen LogP contribution is 2.08. The molecule has 0 aromatic heterocycles. The summed E-state index contributed by atoms with van der Waals surface area (Å²) >= 11 is 0. The minimum atomic E-state index is -0.556. The van der Waals surface area contributed by atoms with E-state index in [1.54, 1.807) is 6.92 Å². The van der Waals surface area contributed by atoms with E-state index in [9.17, 15) is 0 Å². The molecule has 1 nitrogen and oxygen atoms in total. The minimum absolute atomic E-state index is 0.556. The number of hydrogen-bond acceptors (Lipinski definition) is 1. The molecular formula is C12H14O. The molecule has 13 heavy (non-hydrogen) atoms. The molecule has 0 aliphatic carbocycles. The van der Waals surface area contributed by atoms with Gasteiger partial charge in [-0.1, -0.05) is 24.0 Å². The molecule has 0 amide bonds. The average molecular weight is 174 g/mol. The van der Waals surface area contributed by atoms with Crippen LogP contribution < -0.4 is 0 Å². The number of benzene rings is 1. The molecule has 0 saturated heterocycles. The lowest BCUT2D eigenvalue weighted by Gasteiger charge is -1.99. The van der Waals surface area contributed by atoms with Gasteiger partial charge in [0, 0.05) is 5.56 Å². The third kappa shape index (κ3) is 2.93.